The number of carbonyl (C=O) groups excluding carboxylic acids is 6. The van der Waals surface area contributed by atoms with Crippen LogP contribution in [0, 0.1) is 0 Å². The summed E-state index contributed by atoms with van der Waals surface area (Å²) in [4.78, 5) is 128. The largest absolute Gasteiger partial charge is 0.483 e. The minimum Gasteiger partial charge on any atom is -0.483 e. The number of hydrogen-bond acceptors (Lipinski definition) is 17. The van der Waals surface area contributed by atoms with Crippen molar-refractivity contribution in [1.82, 2.24) is 50.7 Å². The molecule has 2 rings (SSSR count). The molecule has 1 fully saturated rings. The van der Waals surface area contributed by atoms with Gasteiger partial charge in [0.25, 0.3) is 12.4 Å². The summed E-state index contributed by atoms with van der Waals surface area (Å²) >= 11 is 0. The lowest BCUT2D eigenvalue weighted by Gasteiger charge is -2.33. The van der Waals surface area contributed by atoms with Crippen molar-refractivity contribution in [2.45, 2.75) is 70.0 Å². The van der Waals surface area contributed by atoms with Crippen molar-refractivity contribution in [2.24, 2.45) is 0 Å². The van der Waals surface area contributed by atoms with Crippen molar-refractivity contribution < 1.29 is 83.0 Å². The Morgan fingerprint density at radius 1 is 0.639 bits per heavy atom. The van der Waals surface area contributed by atoms with Crippen LogP contribution in [0.2, 0.25) is 0 Å². The monoisotopic (exact) mass is 1030 g/mol. The smallest absolute Gasteiger partial charge is 0.410 e. The van der Waals surface area contributed by atoms with Crippen LogP contribution >= 0.6 is 0 Å². The maximum absolute atomic E-state index is 13.5. The molecule has 0 bridgehead atoms. The molecule has 9 N–H and O–H groups in total. The average molecular weight is 1030 g/mol. The Balaban J connectivity index is 0.00000841. The van der Waals surface area contributed by atoms with Crippen molar-refractivity contribution in [3.63, 3.8) is 0 Å². The van der Waals surface area contributed by atoms with Gasteiger partial charge in [-0.15, -0.1) is 0 Å². The average Bonchev–Trinajstić information content (AvgIpc) is 3.30. The van der Waals surface area contributed by atoms with Gasteiger partial charge in [0, 0.05) is 106 Å². The highest BCUT2D eigenvalue weighted by Crippen LogP contribution is 2.27. The number of hydrogen-bond donors (Lipinski definition) is 9. The van der Waals surface area contributed by atoms with Gasteiger partial charge in [0.15, 0.2) is 0 Å². The number of nitrogens with zero attached hydrogens (tertiary/aromatic N) is 6. The Bertz CT molecular complexity index is 1730. The van der Waals surface area contributed by atoms with Crippen molar-refractivity contribution >= 4 is 60.0 Å². The van der Waals surface area contributed by atoms with Gasteiger partial charge in [-0.25, -0.2) is 4.79 Å². The molecule has 27 nitrogen and oxygen atoms in total. The van der Waals surface area contributed by atoms with Gasteiger partial charge in [0.1, 0.15) is 18.2 Å². The number of carbonyl (C=O) groups is 10. The number of aliphatic carboxylic acids is 3. The zero-order valence-electron chi connectivity index (χ0n) is 41.9. The van der Waals surface area contributed by atoms with E-state index in [1.165, 1.54) is 14.1 Å². The fourth-order valence-corrected chi connectivity index (χ4v) is 7.37. The van der Waals surface area contributed by atoms with Gasteiger partial charge in [-0.05, 0) is 51.0 Å². The zero-order valence-corrected chi connectivity index (χ0v) is 41.9. The van der Waals surface area contributed by atoms with Gasteiger partial charge >= 0.3 is 24.0 Å². The van der Waals surface area contributed by atoms with Crippen molar-refractivity contribution in [2.75, 3.05) is 145 Å². The lowest BCUT2D eigenvalue weighted by Crippen LogP contribution is -2.51. The van der Waals surface area contributed by atoms with E-state index in [0.29, 0.717) is 32.6 Å². The summed E-state index contributed by atoms with van der Waals surface area (Å²) < 4.78 is 10.9. The molecule has 1 aliphatic heterocycles. The van der Waals surface area contributed by atoms with Crippen LogP contribution in [0.1, 0.15) is 58.3 Å². The predicted octanol–water partition coefficient (Wildman–Crippen LogP) is -3.02. The lowest BCUT2D eigenvalue weighted by molar-refractivity contribution is -0.153. The Morgan fingerprint density at radius 2 is 1.06 bits per heavy atom. The van der Waals surface area contributed by atoms with Gasteiger partial charge < -0.3 is 66.1 Å². The van der Waals surface area contributed by atoms with Crippen LogP contribution in [0.25, 0.3) is 0 Å². The van der Waals surface area contributed by atoms with Gasteiger partial charge in [-0.2, -0.15) is 0 Å². The third-order valence-corrected chi connectivity index (χ3v) is 11.2. The van der Waals surface area contributed by atoms with Gasteiger partial charge in [0.2, 0.25) is 23.6 Å². The fraction of sp³-hybridized carbons (Fsp3) is 0.733. The van der Waals surface area contributed by atoms with E-state index < -0.39 is 53.4 Å². The summed E-state index contributed by atoms with van der Waals surface area (Å²) in [6.07, 6.45) is 4.10. The third-order valence-electron chi connectivity index (χ3n) is 11.2. The van der Waals surface area contributed by atoms with Crippen LogP contribution in [0.4, 0.5) is 4.79 Å². The molecule has 410 valence electrons. The van der Waals surface area contributed by atoms with Gasteiger partial charge in [-0.3, -0.25) is 62.8 Å². The van der Waals surface area contributed by atoms with Crippen molar-refractivity contribution in [3.8, 4) is 0 Å². The summed E-state index contributed by atoms with van der Waals surface area (Å²) in [5.74, 6) is -5.25. The molecule has 2 unspecified atom stereocenters. The molecule has 0 saturated carbocycles. The van der Waals surface area contributed by atoms with Crippen molar-refractivity contribution in [3.05, 3.63) is 12.2 Å². The number of ether oxygens (including phenoxy) is 2. The van der Waals surface area contributed by atoms with E-state index in [9.17, 15) is 63.6 Å². The summed E-state index contributed by atoms with van der Waals surface area (Å²) in [6.45, 7) is 4.21. The lowest BCUT2D eigenvalue weighted by atomic mass is 9.87. The van der Waals surface area contributed by atoms with Crippen LogP contribution in [0.5, 0.6) is 0 Å². The highest BCUT2D eigenvalue weighted by atomic mass is 16.6. The Hall–Kier alpha value is -6.00. The SMILES string of the molecule is CCCOCCC(=O)NCCCNC(=O)CN(C)C(=O)OC1/C=C/CCC(O)(C(=O)N(C)CC(=O)NCCCNC(=O)CN2CCN(CC(=O)O)CCN(CC(=O)O)CCN(CC(=O)O)CC2)CC1.O=CO. The van der Waals surface area contributed by atoms with Crippen molar-refractivity contribution in [1.29, 1.82) is 0 Å². The Morgan fingerprint density at radius 3 is 1.50 bits per heavy atom. The number of aliphatic hydroxyl groups is 1. The number of amides is 6. The highest BCUT2D eigenvalue weighted by molar-refractivity contribution is 5.89. The molecule has 0 radical (unpaired) electrons. The van der Waals surface area contributed by atoms with E-state index >= 15 is 0 Å². The molecule has 27 heteroatoms. The Kier molecular flexibility index (Phi) is 32.8. The standard InChI is InChI=1S/C44H76N10O15.CH2O2/c1-4-26-68-27-11-35(55)45-14-7-15-47-37(57)29-50(3)43(66)69-34-9-5-6-12-44(67,13-10-34)42(65)49(2)28-36(56)46-16-8-17-48-38(58)30-51-18-20-52(31-39(59)60)22-24-54(33-41(63)64)25-23-53(21-19-51)32-40(61)62;2-1-3/h5,9,34,67H,4,6-8,10-33H2,1-3H3,(H,45,55)(H,46,56)(H,47,57)(H,48,58)(H,59,60)(H,61,62)(H,63,64);1H,(H,2,3)/b9-5+;. The first-order valence-corrected chi connectivity index (χ1v) is 24.0. The molecular formula is C45H78N10O17. The number of allylic oxidation sites excluding steroid dienone is 1. The zero-order chi connectivity index (χ0) is 53.9. The molecule has 1 heterocycles. The van der Waals surface area contributed by atoms with Gasteiger partial charge in [-0.1, -0.05) is 13.0 Å². The number of carboxylic acids is 3. The molecule has 0 aromatic rings. The van der Waals surface area contributed by atoms with E-state index in [0.717, 1.165) is 16.2 Å². The Labute approximate surface area is 420 Å². The minimum absolute atomic E-state index is 0.0640. The summed E-state index contributed by atoms with van der Waals surface area (Å²) in [7, 11) is 2.79. The number of likely N-dealkylation sites (N-methyl/N-ethyl adjacent to an activating group) is 2. The predicted molar refractivity (Wildman–Crippen MR) is 257 cm³/mol. The third kappa shape index (κ3) is 30.0. The molecule has 72 heavy (non-hydrogen) atoms. The molecular weight excluding hydrogens is 953 g/mol. The van der Waals surface area contributed by atoms with E-state index in [4.69, 9.17) is 19.4 Å². The van der Waals surface area contributed by atoms with E-state index in [1.807, 2.05) is 6.92 Å². The van der Waals surface area contributed by atoms with Crippen LogP contribution in [0.3, 0.4) is 0 Å². The first kappa shape index (κ1) is 64.0. The van der Waals surface area contributed by atoms with Gasteiger partial charge in [0.05, 0.1) is 39.3 Å². The fourth-order valence-electron chi connectivity index (χ4n) is 7.37. The quantitative estimate of drug-likeness (QED) is 0.0225. The van der Waals surface area contributed by atoms with Crippen LogP contribution < -0.4 is 21.3 Å². The number of rotatable bonds is 27. The highest BCUT2D eigenvalue weighted by Gasteiger charge is 2.39. The summed E-state index contributed by atoms with van der Waals surface area (Å²) in [6, 6.07) is 0. The van der Waals surface area contributed by atoms with E-state index in [2.05, 4.69) is 21.3 Å². The maximum atomic E-state index is 13.5. The van der Waals surface area contributed by atoms with Crippen LogP contribution in [0.15, 0.2) is 12.2 Å². The molecule has 0 aromatic carbocycles. The second kappa shape index (κ2) is 36.8. The normalized spacial score (nSPS) is 18.9. The molecule has 0 spiro atoms. The molecule has 2 aliphatic rings. The molecule has 1 saturated heterocycles. The number of carboxylic acid groups (broad SMARTS) is 4. The second-order valence-corrected chi connectivity index (χ2v) is 17.3. The first-order chi connectivity index (χ1) is 34.2. The minimum atomic E-state index is -1.85. The van der Waals surface area contributed by atoms with E-state index in [1.54, 1.807) is 31.8 Å². The van der Waals surface area contributed by atoms with Crippen LogP contribution in [-0.4, -0.2) is 272 Å². The van der Waals surface area contributed by atoms with E-state index in [-0.39, 0.29) is 162 Å². The topological polar surface area (TPSA) is 358 Å². The first-order valence-electron chi connectivity index (χ1n) is 24.0. The summed E-state index contributed by atoms with van der Waals surface area (Å²) in [5.41, 5.74) is -1.85. The molecule has 2 atom stereocenters. The maximum Gasteiger partial charge on any atom is 0.410 e. The number of nitrogens with one attached hydrogen (secondary N) is 4. The summed E-state index contributed by atoms with van der Waals surface area (Å²) in [5, 5.41) is 57.5. The molecule has 6 amide bonds. The molecule has 0 aromatic heterocycles. The molecule has 1 aliphatic carbocycles. The van der Waals surface area contributed by atoms with Crippen LogP contribution in [-0.2, 0) is 52.6 Å². The second-order valence-electron chi connectivity index (χ2n) is 17.3.